The zero-order chi connectivity index (χ0) is 21.7. The Morgan fingerprint density at radius 2 is 1.87 bits per heavy atom. The number of carbonyl (C=O) groups excluding carboxylic acids is 2. The molecule has 7 nitrogen and oxygen atoms in total. The summed E-state index contributed by atoms with van der Waals surface area (Å²) in [6.45, 7) is 4.34. The van der Waals surface area contributed by atoms with Gasteiger partial charge in [0.25, 0.3) is 5.91 Å². The molecule has 0 saturated carbocycles. The van der Waals surface area contributed by atoms with Crippen LogP contribution in [0.4, 0.5) is 18.3 Å². The fourth-order valence-electron chi connectivity index (χ4n) is 2.91. The molecule has 2 N–H and O–H groups in total. The highest BCUT2D eigenvalue weighted by molar-refractivity contribution is 7.13. The van der Waals surface area contributed by atoms with Crippen LogP contribution >= 0.6 is 11.3 Å². The van der Waals surface area contributed by atoms with Crippen LogP contribution in [0.5, 0.6) is 0 Å². The van der Waals surface area contributed by atoms with E-state index < -0.39 is 23.6 Å². The molecule has 1 saturated heterocycles. The van der Waals surface area contributed by atoms with E-state index in [0.29, 0.717) is 37.0 Å². The van der Waals surface area contributed by atoms with Crippen LogP contribution in [0.15, 0.2) is 29.6 Å². The van der Waals surface area contributed by atoms with Gasteiger partial charge in [0.2, 0.25) is 5.91 Å². The summed E-state index contributed by atoms with van der Waals surface area (Å²) >= 11 is 1.34. The van der Waals surface area contributed by atoms with Crippen LogP contribution < -0.4 is 15.8 Å². The van der Waals surface area contributed by atoms with Crippen LogP contribution in [0.2, 0.25) is 0 Å². The number of halogens is 3. The van der Waals surface area contributed by atoms with E-state index >= 15 is 0 Å². The number of ether oxygens (including phenoxy) is 1. The van der Waals surface area contributed by atoms with Gasteiger partial charge in [0, 0.05) is 24.9 Å². The molecule has 2 heterocycles. The number of rotatable bonds is 5. The maximum atomic E-state index is 12.6. The van der Waals surface area contributed by atoms with Crippen molar-refractivity contribution in [2.75, 3.05) is 31.2 Å². The third kappa shape index (κ3) is 5.70. The van der Waals surface area contributed by atoms with Gasteiger partial charge >= 0.3 is 6.18 Å². The standard InChI is InChI=1S/C19H21F3N4O3S/c1-12(13-2-4-14(5-3-13)19(20,21)22)10-16(27)24-25-17(28)15-11-30-18(23-15)26-6-8-29-9-7-26/h2-5,11-12H,6-10H2,1H3,(H,24,27)(H,25,28). The molecule has 1 aliphatic rings. The number of hydrogen-bond donors (Lipinski definition) is 2. The summed E-state index contributed by atoms with van der Waals surface area (Å²) in [5, 5.41) is 2.32. The van der Waals surface area contributed by atoms with Crippen LogP contribution in [-0.4, -0.2) is 43.1 Å². The van der Waals surface area contributed by atoms with Crippen LogP contribution in [0, 0.1) is 0 Å². The van der Waals surface area contributed by atoms with E-state index in [-0.39, 0.29) is 18.0 Å². The van der Waals surface area contributed by atoms with E-state index in [4.69, 9.17) is 4.74 Å². The molecule has 0 spiro atoms. The minimum Gasteiger partial charge on any atom is -0.378 e. The number of hydrogen-bond acceptors (Lipinski definition) is 6. The van der Waals surface area contributed by atoms with Gasteiger partial charge in [-0.1, -0.05) is 19.1 Å². The van der Waals surface area contributed by atoms with E-state index in [0.717, 1.165) is 12.1 Å². The maximum Gasteiger partial charge on any atom is 0.416 e. The van der Waals surface area contributed by atoms with Gasteiger partial charge < -0.3 is 9.64 Å². The Morgan fingerprint density at radius 3 is 2.50 bits per heavy atom. The number of anilines is 1. The van der Waals surface area contributed by atoms with Crippen molar-refractivity contribution in [1.29, 1.82) is 0 Å². The maximum absolute atomic E-state index is 12.6. The molecular weight excluding hydrogens is 421 g/mol. The molecule has 1 aromatic carbocycles. The zero-order valence-corrected chi connectivity index (χ0v) is 17.0. The monoisotopic (exact) mass is 442 g/mol. The number of amides is 2. The Kier molecular flexibility index (Phi) is 6.93. The third-order valence-corrected chi connectivity index (χ3v) is 5.52. The van der Waals surface area contributed by atoms with Gasteiger partial charge in [0.1, 0.15) is 5.69 Å². The Hall–Kier alpha value is -2.66. The molecule has 1 aromatic heterocycles. The number of nitrogens with zero attached hydrogens (tertiary/aromatic N) is 2. The van der Waals surface area contributed by atoms with Gasteiger partial charge in [0.05, 0.1) is 18.8 Å². The first-order valence-electron chi connectivity index (χ1n) is 9.28. The quantitative estimate of drug-likeness (QED) is 0.696. The molecule has 11 heteroatoms. The van der Waals surface area contributed by atoms with Gasteiger partial charge in [-0.3, -0.25) is 20.4 Å². The van der Waals surface area contributed by atoms with Gasteiger partial charge in [-0.15, -0.1) is 11.3 Å². The SMILES string of the molecule is CC(CC(=O)NNC(=O)c1csc(N2CCOCC2)n1)c1ccc(C(F)(F)F)cc1. The molecule has 2 aromatic rings. The highest BCUT2D eigenvalue weighted by atomic mass is 32.1. The lowest BCUT2D eigenvalue weighted by molar-refractivity contribution is -0.137. The first-order valence-corrected chi connectivity index (χ1v) is 10.2. The first kappa shape index (κ1) is 22.0. The van der Waals surface area contributed by atoms with Crippen molar-refractivity contribution in [2.24, 2.45) is 0 Å². The van der Waals surface area contributed by atoms with Gasteiger partial charge in [0.15, 0.2) is 5.13 Å². The molecule has 162 valence electrons. The lowest BCUT2D eigenvalue weighted by Gasteiger charge is -2.25. The fourth-order valence-corrected chi connectivity index (χ4v) is 3.77. The van der Waals surface area contributed by atoms with Gasteiger partial charge in [-0.2, -0.15) is 13.2 Å². The summed E-state index contributed by atoms with van der Waals surface area (Å²) in [4.78, 5) is 30.6. The summed E-state index contributed by atoms with van der Waals surface area (Å²) in [5.41, 5.74) is 4.68. The van der Waals surface area contributed by atoms with E-state index in [2.05, 4.69) is 15.8 Å². The van der Waals surface area contributed by atoms with Crippen molar-refractivity contribution < 1.29 is 27.5 Å². The summed E-state index contributed by atoms with van der Waals surface area (Å²) < 4.78 is 43.2. The Balaban J connectivity index is 1.48. The normalized spacial score (nSPS) is 15.5. The number of morpholine rings is 1. The number of alkyl halides is 3. The molecule has 0 bridgehead atoms. The molecule has 30 heavy (non-hydrogen) atoms. The highest BCUT2D eigenvalue weighted by Gasteiger charge is 2.30. The minimum atomic E-state index is -4.40. The summed E-state index contributed by atoms with van der Waals surface area (Å²) in [5.74, 6) is -1.32. The lowest BCUT2D eigenvalue weighted by atomic mass is 9.96. The average Bonchev–Trinajstić information content (AvgIpc) is 3.22. The molecule has 0 radical (unpaired) electrons. The number of aromatic nitrogens is 1. The second-order valence-electron chi connectivity index (χ2n) is 6.84. The van der Waals surface area contributed by atoms with E-state index in [1.54, 1.807) is 12.3 Å². The molecule has 3 rings (SSSR count). The lowest BCUT2D eigenvalue weighted by Crippen LogP contribution is -2.42. The smallest absolute Gasteiger partial charge is 0.378 e. The first-order chi connectivity index (χ1) is 14.2. The van der Waals surface area contributed by atoms with Crippen LogP contribution in [0.3, 0.4) is 0 Å². The minimum absolute atomic E-state index is 0.00172. The Bertz CT molecular complexity index is 880. The summed E-state index contributed by atoms with van der Waals surface area (Å²) in [6.07, 6.45) is -4.40. The molecule has 1 atom stereocenters. The molecular formula is C19H21F3N4O3S. The van der Waals surface area contributed by atoms with E-state index in [9.17, 15) is 22.8 Å². The van der Waals surface area contributed by atoms with Crippen molar-refractivity contribution >= 4 is 28.3 Å². The van der Waals surface area contributed by atoms with E-state index in [1.807, 2.05) is 4.90 Å². The number of nitrogens with one attached hydrogen (secondary N) is 2. The number of hydrazine groups is 1. The second kappa shape index (κ2) is 9.43. The fraction of sp³-hybridized carbons (Fsp3) is 0.421. The topological polar surface area (TPSA) is 83.6 Å². The average molecular weight is 442 g/mol. The van der Waals surface area contributed by atoms with Crippen molar-refractivity contribution in [3.63, 3.8) is 0 Å². The van der Waals surface area contributed by atoms with Crippen molar-refractivity contribution in [2.45, 2.75) is 25.4 Å². The van der Waals surface area contributed by atoms with Crippen LogP contribution in [-0.2, 0) is 15.7 Å². The Morgan fingerprint density at radius 1 is 1.20 bits per heavy atom. The van der Waals surface area contributed by atoms with Crippen LogP contribution in [0.25, 0.3) is 0 Å². The highest BCUT2D eigenvalue weighted by Crippen LogP contribution is 2.30. The third-order valence-electron chi connectivity index (χ3n) is 4.62. The molecule has 1 aliphatic heterocycles. The van der Waals surface area contributed by atoms with Crippen molar-refractivity contribution in [3.8, 4) is 0 Å². The van der Waals surface area contributed by atoms with Crippen molar-refractivity contribution in [1.82, 2.24) is 15.8 Å². The number of carbonyl (C=O) groups is 2. The van der Waals surface area contributed by atoms with Gasteiger partial charge in [-0.25, -0.2) is 4.98 Å². The Labute approximate surface area is 175 Å². The van der Waals surface area contributed by atoms with Crippen LogP contribution in [0.1, 0.15) is 40.9 Å². The largest absolute Gasteiger partial charge is 0.416 e. The van der Waals surface area contributed by atoms with Gasteiger partial charge in [-0.05, 0) is 23.6 Å². The summed E-state index contributed by atoms with van der Waals surface area (Å²) in [7, 11) is 0. The second-order valence-corrected chi connectivity index (χ2v) is 7.68. The van der Waals surface area contributed by atoms with Crippen molar-refractivity contribution in [3.05, 3.63) is 46.5 Å². The predicted molar refractivity (Wildman–Crippen MR) is 105 cm³/mol. The predicted octanol–water partition coefficient (Wildman–Crippen LogP) is 2.95. The number of thiazole rings is 1. The molecule has 0 aliphatic carbocycles. The summed E-state index contributed by atoms with van der Waals surface area (Å²) in [6, 6.07) is 4.67. The molecule has 2 amide bonds. The number of benzene rings is 1. The zero-order valence-electron chi connectivity index (χ0n) is 16.2. The molecule has 1 unspecified atom stereocenters. The molecule has 1 fully saturated rings. The van der Waals surface area contributed by atoms with E-state index in [1.165, 1.54) is 23.5 Å².